The Balaban J connectivity index is 2.68. The first kappa shape index (κ1) is 17.5. The van der Waals surface area contributed by atoms with Crippen molar-refractivity contribution >= 4 is 12.1 Å². The normalized spacial score (nSPS) is 12.1. The summed E-state index contributed by atoms with van der Waals surface area (Å²) in [5.74, 6) is -0.587. The quantitative estimate of drug-likeness (QED) is 0.819. The Kier molecular flexibility index (Phi) is 5.92. The number of nitrogens with zero attached hydrogens (tertiary/aromatic N) is 3. The molecule has 0 saturated heterocycles. The first-order chi connectivity index (χ1) is 10.3. The van der Waals surface area contributed by atoms with Crippen molar-refractivity contribution in [3.8, 4) is 6.07 Å². The average molecular weight is 308 g/mol. The van der Waals surface area contributed by atoms with Gasteiger partial charge in [-0.2, -0.15) is 10.4 Å². The summed E-state index contributed by atoms with van der Waals surface area (Å²) in [7, 11) is 1.24. The molecule has 1 unspecified atom stereocenters. The molecule has 8 heteroatoms. The van der Waals surface area contributed by atoms with Gasteiger partial charge in [-0.1, -0.05) is 0 Å². The third kappa shape index (κ3) is 5.44. The number of amides is 1. The average Bonchev–Trinajstić information content (AvgIpc) is 2.87. The van der Waals surface area contributed by atoms with Crippen LogP contribution in [-0.2, 0) is 20.8 Å². The second-order valence-corrected chi connectivity index (χ2v) is 5.56. The van der Waals surface area contributed by atoms with Gasteiger partial charge in [0.1, 0.15) is 23.4 Å². The van der Waals surface area contributed by atoms with Crippen molar-refractivity contribution < 1.29 is 19.1 Å². The number of methoxy groups -OCH3 is 1. The van der Waals surface area contributed by atoms with Gasteiger partial charge < -0.3 is 14.8 Å². The molecule has 22 heavy (non-hydrogen) atoms. The summed E-state index contributed by atoms with van der Waals surface area (Å²) < 4.78 is 11.2. The number of hydrogen-bond donors (Lipinski definition) is 1. The lowest BCUT2D eigenvalue weighted by molar-refractivity contribution is -0.143. The molecule has 120 valence electrons. The lowest BCUT2D eigenvalue weighted by atomic mass is 10.2. The summed E-state index contributed by atoms with van der Waals surface area (Å²) >= 11 is 0. The fourth-order valence-electron chi connectivity index (χ4n) is 1.70. The highest BCUT2D eigenvalue weighted by molar-refractivity contribution is 5.81. The van der Waals surface area contributed by atoms with E-state index >= 15 is 0 Å². The smallest absolute Gasteiger partial charge is 0.408 e. The number of esters is 1. The number of hydrogen-bond acceptors (Lipinski definition) is 6. The van der Waals surface area contributed by atoms with Crippen LogP contribution >= 0.6 is 0 Å². The molecule has 0 bridgehead atoms. The largest absolute Gasteiger partial charge is 0.467 e. The van der Waals surface area contributed by atoms with Gasteiger partial charge in [0.25, 0.3) is 0 Å². The van der Waals surface area contributed by atoms with Crippen LogP contribution in [0.25, 0.3) is 0 Å². The molecule has 8 nitrogen and oxygen atoms in total. The van der Waals surface area contributed by atoms with Gasteiger partial charge in [0.2, 0.25) is 0 Å². The van der Waals surface area contributed by atoms with Crippen LogP contribution in [0.1, 0.15) is 32.9 Å². The zero-order valence-corrected chi connectivity index (χ0v) is 13.1. The molecule has 1 atom stereocenters. The van der Waals surface area contributed by atoms with E-state index in [1.165, 1.54) is 18.0 Å². The predicted molar refractivity (Wildman–Crippen MR) is 76.7 cm³/mol. The number of carbonyl (C=O) groups is 2. The maximum absolute atomic E-state index is 11.8. The number of aromatic nitrogens is 2. The van der Waals surface area contributed by atoms with E-state index in [2.05, 4.69) is 15.2 Å². The number of carbonyl (C=O) groups excluding carboxylic acids is 2. The molecule has 0 aromatic carbocycles. The van der Waals surface area contributed by atoms with E-state index in [-0.39, 0.29) is 13.0 Å². The third-order valence-corrected chi connectivity index (χ3v) is 2.64. The van der Waals surface area contributed by atoms with Crippen molar-refractivity contribution in [2.24, 2.45) is 0 Å². The minimum atomic E-state index is -0.879. The van der Waals surface area contributed by atoms with Crippen LogP contribution in [0.5, 0.6) is 0 Å². The lowest BCUT2D eigenvalue weighted by Crippen LogP contribution is -2.44. The molecule has 1 heterocycles. The van der Waals surface area contributed by atoms with Crippen LogP contribution in [0.15, 0.2) is 12.3 Å². The number of nitrogens with one attached hydrogen (secondary N) is 1. The van der Waals surface area contributed by atoms with Crippen LogP contribution < -0.4 is 5.32 Å². The maximum Gasteiger partial charge on any atom is 0.408 e. The van der Waals surface area contributed by atoms with Gasteiger partial charge in [0, 0.05) is 6.54 Å². The Labute approximate surface area is 129 Å². The topological polar surface area (TPSA) is 106 Å². The summed E-state index contributed by atoms with van der Waals surface area (Å²) in [6, 6.07) is 2.67. The molecule has 1 aromatic heterocycles. The first-order valence-corrected chi connectivity index (χ1v) is 6.76. The Bertz CT molecular complexity index is 568. The molecule has 0 spiro atoms. The summed E-state index contributed by atoms with van der Waals surface area (Å²) in [6.45, 7) is 5.46. The summed E-state index contributed by atoms with van der Waals surface area (Å²) in [5.41, 5.74) is -0.290. The first-order valence-electron chi connectivity index (χ1n) is 6.76. The Morgan fingerprint density at radius 2 is 2.18 bits per heavy atom. The van der Waals surface area contributed by atoms with Crippen LogP contribution in [0.4, 0.5) is 4.79 Å². The van der Waals surface area contributed by atoms with Crippen molar-refractivity contribution in [3.05, 3.63) is 18.0 Å². The van der Waals surface area contributed by atoms with Crippen LogP contribution in [0, 0.1) is 11.3 Å². The van der Waals surface area contributed by atoms with E-state index in [4.69, 9.17) is 10.00 Å². The van der Waals surface area contributed by atoms with Crippen LogP contribution in [-0.4, -0.2) is 40.6 Å². The van der Waals surface area contributed by atoms with Crippen molar-refractivity contribution in [3.63, 3.8) is 0 Å². The molecule has 1 N–H and O–H groups in total. The van der Waals surface area contributed by atoms with Crippen molar-refractivity contribution in [1.82, 2.24) is 15.1 Å². The molecular weight excluding hydrogens is 288 g/mol. The maximum atomic E-state index is 11.8. The number of aryl methyl sites for hydroxylation is 1. The second kappa shape index (κ2) is 7.45. The van der Waals surface area contributed by atoms with Crippen molar-refractivity contribution in [2.45, 2.75) is 45.4 Å². The van der Waals surface area contributed by atoms with Gasteiger partial charge in [-0.25, -0.2) is 9.59 Å². The molecule has 1 aromatic rings. The van der Waals surface area contributed by atoms with E-state index in [1.54, 1.807) is 26.8 Å². The minimum absolute atomic E-state index is 0.224. The number of nitriles is 1. The van der Waals surface area contributed by atoms with Gasteiger partial charge in [0.15, 0.2) is 0 Å². The van der Waals surface area contributed by atoms with Crippen molar-refractivity contribution in [1.29, 1.82) is 5.26 Å². The van der Waals surface area contributed by atoms with E-state index < -0.39 is 23.7 Å². The van der Waals surface area contributed by atoms with Gasteiger partial charge in [0.05, 0.1) is 13.3 Å². The standard InChI is InChI=1S/C14H20N4O4/c1-14(2,3)22-13(20)17-11(12(19)21-4)6-8-18-10(9-15)5-7-16-18/h5,7,11H,6,8H2,1-4H3,(H,17,20). The zero-order valence-electron chi connectivity index (χ0n) is 13.1. The lowest BCUT2D eigenvalue weighted by Gasteiger charge is -2.22. The molecular formula is C14H20N4O4. The summed E-state index contributed by atoms with van der Waals surface area (Å²) in [4.78, 5) is 23.5. The summed E-state index contributed by atoms with van der Waals surface area (Å²) in [5, 5.41) is 15.4. The Morgan fingerprint density at radius 1 is 1.50 bits per heavy atom. The molecule has 0 fully saturated rings. The van der Waals surface area contributed by atoms with Gasteiger partial charge in [-0.15, -0.1) is 0 Å². The molecule has 0 aliphatic heterocycles. The molecule has 0 saturated carbocycles. The molecule has 0 aliphatic carbocycles. The highest BCUT2D eigenvalue weighted by Gasteiger charge is 2.25. The summed E-state index contributed by atoms with van der Waals surface area (Å²) in [6.07, 6.45) is 1.01. The SMILES string of the molecule is COC(=O)C(CCn1nccc1C#N)NC(=O)OC(C)(C)C. The number of ether oxygens (including phenoxy) is 2. The van der Waals surface area contributed by atoms with Gasteiger partial charge in [-0.05, 0) is 33.3 Å². The van der Waals surface area contributed by atoms with E-state index in [0.29, 0.717) is 5.69 Å². The van der Waals surface area contributed by atoms with E-state index in [1.807, 2.05) is 6.07 Å². The van der Waals surface area contributed by atoms with Crippen molar-refractivity contribution in [2.75, 3.05) is 7.11 Å². The number of rotatable bonds is 5. The van der Waals surface area contributed by atoms with Crippen LogP contribution in [0.3, 0.4) is 0 Å². The predicted octanol–water partition coefficient (Wildman–Crippen LogP) is 1.21. The molecule has 0 aliphatic rings. The minimum Gasteiger partial charge on any atom is -0.467 e. The molecule has 1 amide bonds. The zero-order chi connectivity index (χ0) is 16.8. The Morgan fingerprint density at radius 3 is 2.73 bits per heavy atom. The highest BCUT2D eigenvalue weighted by atomic mass is 16.6. The fourth-order valence-corrected chi connectivity index (χ4v) is 1.70. The Hall–Kier alpha value is -2.56. The van der Waals surface area contributed by atoms with Crippen LogP contribution in [0.2, 0.25) is 0 Å². The molecule has 1 rings (SSSR count). The van der Waals surface area contributed by atoms with E-state index in [0.717, 1.165) is 0 Å². The van der Waals surface area contributed by atoms with Gasteiger partial charge in [-0.3, -0.25) is 4.68 Å². The van der Waals surface area contributed by atoms with E-state index in [9.17, 15) is 9.59 Å². The highest BCUT2D eigenvalue weighted by Crippen LogP contribution is 2.08. The monoisotopic (exact) mass is 308 g/mol. The fraction of sp³-hybridized carbons (Fsp3) is 0.571. The third-order valence-electron chi connectivity index (χ3n) is 2.64. The van der Waals surface area contributed by atoms with Gasteiger partial charge >= 0.3 is 12.1 Å². The number of alkyl carbamates (subject to hydrolysis) is 1. The molecule has 0 radical (unpaired) electrons. The second-order valence-electron chi connectivity index (χ2n) is 5.56.